The fraction of sp³-hybridized carbons (Fsp3) is 0.304. The van der Waals surface area contributed by atoms with Gasteiger partial charge in [-0.2, -0.15) is 0 Å². The highest BCUT2D eigenvalue weighted by molar-refractivity contribution is 5.90. The summed E-state index contributed by atoms with van der Waals surface area (Å²) in [5, 5.41) is 0.771. The minimum Gasteiger partial charge on any atom is -0.493 e. The van der Waals surface area contributed by atoms with E-state index in [2.05, 4.69) is 13.8 Å². The molecule has 0 unspecified atom stereocenters. The van der Waals surface area contributed by atoms with Gasteiger partial charge in [-0.3, -0.25) is 0 Å². The number of rotatable bonds is 6. The van der Waals surface area contributed by atoms with Crippen molar-refractivity contribution >= 4 is 16.9 Å². The molecule has 0 N–H and O–H groups in total. The van der Waals surface area contributed by atoms with Gasteiger partial charge in [0.25, 0.3) is 0 Å². The first-order valence-electron chi connectivity index (χ1n) is 9.27. The van der Waals surface area contributed by atoms with Gasteiger partial charge in [-0.05, 0) is 67.3 Å². The van der Waals surface area contributed by atoms with E-state index in [1.165, 1.54) is 6.07 Å². The van der Waals surface area contributed by atoms with E-state index in [4.69, 9.17) is 13.9 Å². The van der Waals surface area contributed by atoms with E-state index < -0.39 is 11.6 Å². The van der Waals surface area contributed by atoms with Gasteiger partial charge in [0.1, 0.15) is 17.9 Å². The van der Waals surface area contributed by atoms with Crippen LogP contribution in [0.1, 0.15) is 40.9 Å². The van der Waals surface area contributed by atoms with Gasteiger partial charge in [-0.15, -0.1) is 0 Å². The maximum atomic E-state index is 12.4. The molecule has 0 saturated heterocycles. The summed E-state index contributed by atoms with van der Waals surface area (Å²) < 4.78 is 16.3. The minimum absolute atomic E-state index is 0.00493. The van der Waals surface area contributed by atoms with Crippen molar-refractivity contribution < 1.29 is 18.7 Å². The van der Waals surface area contributed by atoms with Crippen LogP contribution >= 0.6 is 0 Å². The molecule has 146 valence electrons. The average molecular weight is 380 g/mol. The van der Waals surface area contributed by atoms with Crippen molar-refractivity contribution in [3.63, 3.8) is 0 Å². The van der Waals surface area contributed by atoms with Gasteiger partial charge in [0.05, 0.1) is 12.2 Å². The number of esters is 1. The van der Waals surface area contributed by atoms with Crippen molar-refractivity contribution in [2.45, 2.75) is 34.3 Å². The monoisotopic (exact) mass is 380 g/mol. The summed E-state index contributed by atoms with van der Waals surface area (Å²) in [6, 6.07) is 12.0. The van der Waals surface area contributed by atoms with Crippen LogP contribution in [0.5, 0.6) is 5.75 Å². The zero-order valence-corrected chi connectivity index (χ0v) is 16.6. The molecule has 0 radical (unpaired) electrons. The summed E-state index contributed by atoms with van der Waals surface area (Å²) in [6.07, 6.45) is 0. The highest BCUT2D eigenvalue weighted by atomic mass is 16.5. The number of benzene rings is 2. The predicted octanol–water partition coefficient (Wildman–Crippen LogP) is 4.80. The lowest BCUT2D eigenvalue weighted by Crippen LogP contribution is -2.08. The standard InChI is InChI=1S/C23H24O5/c1-14(2)12-26-19-7-5-17(6-8-19)23(25)27-13-18-11-22(24)28-21-10-16(4)15(3)9-20(18)21/h5-11,14H,12-13H2,1-4H3. The Kier molecular flexibility index (Phi) is 5.83. The van der Waals surface area contributed by atoms with E-state index in [0.717, 1.165) is 16.5 Å². The van der Waals surface area contributed by atoms with Crippen molar-refractivity contribution in [2.24, 2.45) is 5.92 Å². The van der Waals surface area contributed by atoms with E-state index in [-0.39, 0.29) is 6.61 Å². The molecule has 0 saturated carbocycles. The first-order chi connectivity index (χ1) is 13.3. The molecule has 2 aromatic carbocycles. The third-order valence-corrected chi connectivity index (χ3v) is 4.48. The van der Waals surface area contributed by atoms with Crippen LogP contribution < -0.4 is 10.4 Å². The Hall–Kier alpha value is -3.08. The van der Waals surface area contributed by atoms with Crippen molar-refractivity contribution in [2.75, 3.05) is 6.61 Å². The lowest BCUT2D eigenvalue weighted by atomic mass is 10.0. The van der Waals surface area contributed by atoms with Crippen LogP contribution in [0.4, 0.5) is 0 Å². The summed E-state index contributed by atoms with van der Waals surface area (Å²) in [4.78, 5) is 24.2. The fourth-order valence-electron chi connectivity index (χ4n) is 2.78. The molecule has 0 bridgehead atoms. The number of hydrogen-bond donors (Lipinski definition) is 0. The Morgan fingerprint density at radius 2 is 1.71 bits per heavy atom. The molecular weight excluding hydrogens is 356 g/mol. The summed E-state index contributed by atoms with van der Waals surface area (Å²) in [5.41, 5.74) is 3.19. The lowest BCUT2D eigenvalue weighted by Gasteiger charge is -2.10. The van der Waals surface area contributed by atoms with E-state index in [1.807, 2.05) is 26.0 Å². The molecule has 0 fully saturated rings. The molecule has 0 amide bonds. The lowest BCUT2D eigenvalue weighted by molar-refractivity contribution is 0.0474. The molecule has 28 heavy (non-hydrogen) atoms. The molecule has 0 aliphatic rings. The largest absolute Gasteiger partial charge is 0.493 e. The zero-order valence-electron chi connectivity index (χ0n) is 16.6. The maximum absolute atomic E-state index is 12.4. The van der Waals surface area contributed by atoms with Crippen molar-refractivity contribution in [3.8, 4) is 5.75 Å². The number of hydrogen-bond acceptors (Lipinski definition) is 5. The first kappa shape index (κ1) is 19.7. The van der Waals surface area contributed by atoms with Crippen LogP contribution in [0.15, 0.2) is 51.7 Å². The van der Waals surface area contributed by atoms with Crippen LogP contribution in [0.2, 0.25) is 0 Å². The number of carbonyl (C=O) groups is 1. The van der Waals surface area contributed by atoms with Crippen molar-refractivity contribution in [1.29, 1.82) is 0 Å². The third-order valence-electron chi connectivity index (χ3n) is 4.48. The molecule has 5 nitrogen and oxygen atoms in total. The van der Waals surface area contributed by atoms with Crippen LogP contribution in [0.3, 0.4) is 0 Å². The van der Waals surface area contributed by atoms with E-state index in [9.17, 15) is 9.59 Å². The third kappa shape index (κ3) is 4.60. The van der Waals surface area contributed by atoms with E-state index in [0.29, 0.717) is 35.0 Å². The van der Waals surface area contributed by atoms with Gasteiger partial charge in [0, 0.05) is 17.0 Å². The number of fused-ring (bicyclic) bond motifs is 1. The second kappa shape index (κ2) is 8.30. The highest BCUT2D eigenvalue weighted by Crippen LogP contribution is 2.22. The normalized spacial score (nSPS) is 11.0. The van der Waals surface area contributed by atoms with Gasteiger partial charge in [0.2, 0.25) is 0 Å². The highest BCUT2D eigenvalue weighted by Gasteiger charge is 2.12. The Morgan fingerprint density at radius 3 is 2.39 bits per heavy atom. The summed E-state index contributed by atoms with van der Waals surface area (Å²) in [7, 11) is 0. The SMILES string of the molecule is Cc1cc2oc(=O)cc(COC(=O)c3ccc(OCC(C)C)cc3)c2cc1C. The summed E-state index contributed by atoms with van der Waals surface area (Å²) >= 11 is 0. The molecular formula is C23H24O5. The Balaban J connectivity index is 1.74. The predicted molar refractivity (Wildman–Crippen MR) is 108 cm³/mol. The van der Waals surface area contributed by atoms with E-state index in [1.54, 1.807) is 24.3 Å². The molecule has 0 aliphatic heterocycles. The molecule has 1 aromatic heterocycles. The summed E-state index contributed by atoms with van der Waals surface area (Å²) in [5.74, 6) is 0.679. The Morgan fingerprint density at radius 1 is 1.04 bits per heavy atom. The number of aryl methyl sites for hydroxylation is 2. The van der Waals surface area contributed by atoms with Crippen molar-refractivity contribution in [1.82, 2.24) is 0 Å². The second-order valence-corrected chi connectivity index (χ2v) is 7.33. The summed E-state index contributed by atoms with van der Waals surface area (Å²) in [6.45, 7) is 8.70. The average Bonchev–Trinajstić information content (AvgIpc) is 2.66. The van der Waals surface area contributed by atoms with Crippen LogP contribution in [-0.2, 0) is 11.3 Å². The second-order valence-electron chi connectivity index (χ2n) is 7.33. The molecule has 0 spiro atoms. The smallest absolute Gasteiger partial charge is 0.338 e. The van der Waals surface area contributed by atoms with Gasteiger partial charge < -0.3 is 13.9 Å². The molecule has 3 aromatic rings. The van der Waals surface area contributed by atoms with Crippen molar-refractivity contribution in [3.05, 3.63) is 75.1 Å². The van der Waals surface area contributed by atoms with Gasteiger partial charge in [-0.1, -0.05) is 13.8 Å². The Labute approximate surface area is 163 Å². The molecule has 3 rings (SSSR count). The molecule has 1 heterocycles. The van der Waals surface area contributed by atoms with Gasteiger partial charge in [-0.25, -0.2) is 9.59 Å². The van der Waals surface area contributed by atoms with Gasteiger partial charge in [0.15, 0.2) is 0 Å². The Bertz CT molecular complexity index is 1050. The zero-order chi connectivity index (χ0) is 20.3. The quantitative estimate of drug-likeness (QED) is 0.454. The molecule has 0 aliphatic carbocycles. The van der Waals surface area contributed by atoms with Crippen LogP contribution in [0, 0.1) is 19.8 Å². The van der Waals surface area contributed by atoms with Crippen LogP contribution in [0.25, 0.3) is 11.0 Å². The fourth-order valence-corrected chi connectivity index (χ4v) is 2.78. The molecule has 5 heteroatoms. The number of ether oxygens (including phenoxy) is 2. The topological polar surface area (TPSA) is 65.7 Å². The first-order valence-corrected chi connectivity index (χ1v) is 9.27. The van der Waals surface area contributed by atoms with E-state index >= 15 is 0 Å². The van der Waals surface area contributed by atoms with Gasteiger partial charge >= 0.3 is 11.6 Å². The number of carbonyl (C=O) groups excluding carboxylic acids is 1. The maximum Gasteiger partial charge on any atom is 0.338 e. The van der Waals surface area contributed by atoms with Crippen LogP contribution in [-0.4, -0.2) is 12.6 Å². The minimum atomic E-state index is -0.464. The molecule has 0 atom stereocenters.